The molecule has 1 aromatic heterocycles. The standard InChI is InChI=1S/C18H21FN2O2/c1-23-16-5-2-12(3-6-16)8-15-4-7-17(21-15)18(22)13-9-14(19)11-20-10-13/h2-3,5-6,9-11,15,17-18,21-22H,4,7-8H2,1H3/t15-,17-,18-/m1/s1. The van der Waals surface area contributed by atoms with E-state index in [0.717, 1.165) is 31.2 Å². The van der Waals surface area contributed by atoms with Crippen molar-refractivity contribution < 1.29 is 14.2 Å². The summed E-state index contributed by atoms with van der Waals surface area (Å²) < 4.78 is 18.4. The summed E-state index contributed by atoms with van der Waals surface area (Å²) in [4.78, 5) is 3.81. The molecular formula is C18H21FN2O2. The van der Waals surface area contributed by atoms with Gasteiger partial charge in [0.05, 0.1) is 19.4 Å². The molecule has 0 unspecified atom stereocenters. The van der Waals surface area contributed by atoms with Crippen molar-refractivity contribution in [3.05, 3.63) is 59.7 Å². The quantitative estimate of drug-likeness (QED) is 0.890. The van der Waals surface area contributed by atoms with E-state index in [1.807, 2.05) is 12.1 Å². The lowest BCUT2D eigenvalue weighted by Crippen LogP contribution is -2.35. The zero-order chi connectivity index (χ0) is 16.2. The molecule has 4 nitrogen and oxygen atoms in total. The summed E-state index contributed by atoms with van der Waals surface area (Å²) in [6.45, 7) is 0. The van der Waals surface area contributed by atoms with Crippen molar-refractivity contribution >= 4 is 0 Å². The molecule has 0 amide bonds. The van der Waals surface area contributed by atoms with Gasteiger partial charge in [-0.15, -0.1) is 0 Å². The minimum atomic E-state index is -0.737. The molecule has 5 heteroatoms. The van der Waals surface area contributed by atoms with Crippen LogP contribution in [0.25, 0.3) is 0 Å². The maximum atomic E-state index is 13.2. The van der Waals surface area contributed by atoms with Gasteiger partial charge in [-0.2, -0.15) is 0 Å². The van der Waals surface area contributed by atoms with Crippen LogP contribution in [-0.4, -0.2) is 29.3 Å². The minimum Gasteiger partial charge on any atom is -0.497 e. The van der Waals surface area contributed by atoms with Crippen LogP contribution < -0.4 is 10.1 Å². The van der Waals surface area contributed by atoms with E-state index in [1.165, 1.54) is 17.8 Å². The van der Waals surface area contributed by atoms with Crippen LogP contribution >= 0.6 is 0 Å². The Balaban J connectivity index is 1.59. The molecule has 1 aliphatic heterocycles. The fraction of sp³-hybridized carbons (Fsp3) is 0.389. The number of aliphatic hydroxyl groups excluding tert-OH is 1. The van der Waals surface area contributed by atoms with E-state index in [9.17, 15) is 9.50 Å². The highest BCUT2D eigenvalue weighted by Gasteiger charge is 2.30. The Morgan fingerprint density at radius 1 is 1.30 bits per heavy atom. The third kappa shape index (κ3) is 3.86. The van der Waals surface area contributed by atoms with E-state index < -0.39 is 11.9 Å². The van der Waals surface area contributed by atoms with E-state index in [0.29, 0.717) is 11.6 Å². The van der Waals surface area contributed by atoms with Gasteiger partial charge >= 0.3 is 0 Å². The Hall–Kier alpha value is -1.98. The fourth-order valence-corrected chi connectivity index (χ4v) is 3.13. The predicted octanol–water partition coefficient (Wildman–Crippen LogP) is 2.63. The van der Waals surface area contributed by atoms with Crippen molar-refractivity contribution in [2.24, 2.45) is 0 Å². The summed E-state index contributed by atoms with van der Waals surface area (Å²) in [5.74, 6) is 0.425. The molecule has 0 saturated carbocycles. The van der Waals surface area contributed by atoms with Crippen LogP contribution in [0.15, 0.2) is 42.7 Å². The second-order valence-corrected chi connectivity index (χ2v) is 5.98. The first-order valence-corrected chi connectivity index (χ1v) is 7.83. The highest BCUT2D eigenvalue weighted by molar-refractivity contribution is 5.28. The van der Waals surface area contributed by atoms with Crippen LogP contribution in [0.2, 0.25) is 0 Å². The number of aromatic nitrogens is 1. The molecule has 2 aromatic rings. The molecular weight excluding hydrogens is 295 g/mol. The summed E-state index contributed by atoms with van der Waals surface area (Å²) in [5, 5.41) is 13.9. The average Bonchev–Trinajstić information content (AvgIpc) is 3.03. The van der Waals surface area contributed by atoms with E-state index >= 15 is 0 Å². The number of ether oxygens (including phenoxy) is 1. The molecule has 1 fully saturated rings. The monoisotopic (exact) mass is 316 g/mol. The topological polar surface area (TPSA) is 54.4 Å². The summed E-state index contributed by atoms with van der Waals surface area (Å²) in [6.07, 6.45) is 4.67. The normalized spacial score (nSPS) is 22.0. The van der Waals surface area contributed by atoms with E-state index in [1.54, 1.807) is 7.11 Å². The third-order valence-electron chi connectivity index (χ3n) is 4.37. The Kier molecular flexibility index (Phi) is 4.88. The molecule has 0 bridgehead atoms. The highest BCUT2D eigenvalue weighted by Crippen LogP contribution is 2.27. The van der Waals surface area contributed by atoms with Gasteiger partial charge in [-0.05, 0) is 43.0 Å². The van der Waals surface area contributed by atoms with Gasteiger partial charge in [-0.3, -0.25) is 4.98 Å². The maximum absolute atomic E-state index is 13.2. The van der Waals surface area contributed by atoms with Crippen LogP contribution in [-0.2, 0) is 6.42 Å². The molecule has 1 aliphatic rings. The number of aliphatic hydroxyl groups is 1. The van der Waals surface area contributed by atoms with Gasteiger partial charge in [0.2, 0.25) is 0 Å². The summed E-state index contributed by atoms with van der Waals surface area (Å²) >= 11 is 0. The Morgan fingerprint density at radius 2 is 2.09 bits per heavy atom. The number of nitrogens with one attached hydrogen (secondary N) is 1. The molecule has 122 valence electrons. The number of methoxy groups -OCH3 is 1. The smallest absolute Gasteiger partial charge is 0.141 e. The number of benzene rings is 1. The molecule has 2 heterocycles. The van der Waals surface area contributed by atoms with Crippen molar-refractivity contribution in [1.82, 2.24) is 10.3 Å². The third-order valence-corrected chi connectivity index (χ3v) is 4.37. The fourth-order valence-electron chi connectivity index (χ4n) is 3.13. The van der Waals surface area contributed by atoms with Gasteiger partial charge in [-0.1, -0.05) is 12.1 Å². The average molecular weight is 316 g/mol. The molecule has 3 rings (SSSR count). The lowest BCUT2D eigenvalue weighted by molar-refractivity contribution is 0.134. The molecule has 0 aliphatic carbocycles. The molecule has 3 atom stereocenters. The van der Waals surface area contributed by atoms with Gasteiger partial charge in [0, 0.05) is 23.8 Å². The number of hydrogen-bond acceptors (Lipinski definition) is 4. The Bertz CT molecular complexity index is 648. The van der Waals surface area contributed by atoms with Gasteiger partial charge in [-0.25, -0.2) is 4.39 Å². The molecule has 1 saturated heterocycles. The largest absolute Gasteiger partial charge is 0.497 e. The molecule has 23 heavy (non-hydrogen) atoms. The Morgan fingerprint density at radius 3 is 2.78 bits per heavy atom. The van der Waals surface area contributed by atoms with Gasteiger partial charge in [0.1, 0.15) is 11.6 Å². The SMILES string of the molecule is COc1ccc(C[C@H]2CC[C@H]([C@H](O)c3cncc(F)c3)N2)cc1. The summed E-state index contributed by atoms with van der Waals surface area (Å²) in [6, 6.07) is 9.60. The second-order valence-electron chi connectivity index (χ2n) is 5.98. The lowest BCUT2D eigenvalue weighted by Gasteiger charge is -2.20. The minimum absolute atomic E-state index is 0.0677. The van der Waals surface area contributed by atoms with E-state index in [2.05, 4.69) is 22.4 Å². The number of halogens is 1. The number of pyridine rings is 1. The van der Waals surface area contributed by atoms with Crippen LogP contribution in [0.3, 0.4) is 0 Å². The van der Waals surface area contributed by atoms with E-state index in [4.69, 9.17) is 4.74 Å². The lowest BCUT2D eigenvalue weighted by atomic mass is 10.0. The molecule has 2 N–H and O–H groups in total. The first-order valence-electron chi connectivity index (χ1n) is 7.83. The van der Waals surface area contributed by atoms with Crippen molar-refractivity contribution in [3.63, 3.8) is 0 Å². The van der Waals surface area contributed by atoms with Crippen molar-refractivity contribution in [3.8, 4) is 5.75 Å². The van der Waals surface area contributed by atoms with Crippen molar-refractivity contribution in [1.29, 1.82) is 0 Å². The highest BCUT2D eigenvalue weighted by atomic mass is 19.1. The van der Waals surface area contributed by atoms with Crippen LogP contribution in [0.1, 0.15) is 30.1 Å². The summed E-state index contributed by atoms with van der Waals surface area (Å²) in [7, 11) is 1.65. The first-order chi connectivity index (χ1) is 11.2. The van der Waals surface area contributed by atoms with Crippen molar-refractivity contribution in [2.45, 2.75) is 37.5 Å². The zero-order valence-corrected chi connectivity index (χ0v) is 13.1. The number of nitrogens with zero attached hydrogens (tertiary/aromatic N) is 1. The van der Waals surface area contributed by atoms with Crippen LogP contribution in [0.5, 0.6) is 5.75 Å². The predicted molar refractivity (Wildman–Crippen MR) is 85.8 cm³/mol. The Labute approximate surface area is 135 Å². The van der Waals surface area contributed by atoms with Crippen LogP contribution in [0, 0.1) is 5.82 Å². The number of hydrogen-bond donors (Lipinski definition) is 2. The summed E-state index contributed by atoms with van der Waals surface area (Å²) in [5.41, 5.74) is 1.75. The molecule has 1 aromatic carbocycles. The zero-order valence-electron chi connectivity index (χ0n) is 13.1. The van der Waals surface area contributed by atoms with E-state index in [-0.39, 0.29) is 6.04 Å². The first kappa shape index (κ1) is 15.9. The van der Waals surface area contributed by atoms with Gasteiger partial charge in [0.15, 0.2) is 0 Å². The van der Waals surface area contributed by atoms with Gasteiger partial charge in [0.25, 0.3) is 0 Å². The molecule has 0 spiro atoms. The number of rotatable bonds is 5. The van der Waals surface area contributed by atoms with Crippen LogP contribution in [0.4, 0.5) is 4.39 Å². The van der Waals surface area contributed by atoms with Crippen molar-refractivity contribution in [2.75, 3.05) is 7.11 Å². The second kappa shape index (κ2) is 7.06. The molecule has 0 radical (unpaired) electrons. The maximum Gasteiger partial charge on any atom is 0.141 e. The van der Waals surface area contributed by atoms with Gasteiger partial charge < -0.3 is 15.2 Å².